The van der Waals surface area contributed by atoms with Crippen LogP contribution < -0.4 is 14.4 Å². The second kappa shape index (κ2) is 7.89. The highest BCUT2D eigenvalue weighted by Gasteiger charge is 2.27. The van der Waals surface area contributed by atoms with E-state index in [0.717, 1.165) is 46.1 Å². The van der Waals surface area contributed by atoms with Crippen molar-refractivity contribution in [3.63, 3.8) is 0 Å². The van der Waals surface area contributed by atoms with Crippen molar-refractivity contribution in [1.29, 1.82) is 0 Å². The Labute approximate surface area is 179 Å². The number of fused-ring (bicyclic) bond motifs is 2. The van der Waals surface area contributed by atoms with E-state index >= 15 is 0 Å². The van der Waals surface area contributed by atoms with Gasteiger partial charge in [0, 0.05) is 6.61 Å². The number of thiazole rings is 1. The summed E-state index contributed by atoms with van der Waals surface area (Å²) in [6.07, 6.45) is 2.34. The Hall–Kier alpha value is -2.64. The highest BCUT2D eigenvalue weighted by Crippen LogP contribution is 2.34. The van der Waals surface area contributed by atoms with Crippen molar-refractivity contribution in [2.45, 2.75) is 39.2 Å². The number of carbonyl (C=O) groups excluding carboxylic acids is 1. The predicted molar refractivity (Wildman–Crippen MR) is 117 cm³/mol. The molecule has 1 atom stereocenters. The van der Waals surface area contributed by atoms with E-state index in [1.54, 1.807) is 16.2 Å². The Morgan fingerprint density at radius 1 is 1.17 bits per heavy atom. The fourth-order valence-electron chi connectivity index (χ4n) is 3.88. The predicted octanol–water partition coefficient (Wildman–Crippen LogP) is 4.40. The van der Waals surface area contributed by atoms with Gasteiger partial charge < -0.3 is 14.2 Å². The van der Waals surface area contributed by atoms with Gasteiger partial charge in [0.05, 0.1) is 29.3 Å². The fourth-order valence-corrected chi connectivity index (χ4v) is 4.95. The van der Waals surface area contributed by atoms with E-state index in [1.165, 1.54) is 11.1 Å². The van der Waals surface area contributed by atoms with Crippen LogP contribution in [0, 0.1) is 13.8 Å². The van der Waals surface area contributed by atoms with Crippen LogP contribution in [0.3, 0.4) is 0 Å². The zero-order valence-electron chi connectivity index (χ0n) is 17.1. The average molecular weight is 425 g/mol. The van der Waals surface area contributed by atoms with Crippen molar-refractivity contribution in [1.82, 2.24) is 4.98 Å². The monoisotopic (exact) mass is 424 g/mol. The van der Waals surface area contributed by atoms with Crippen molar-refractivity contribution < 1.29 is 19.0 Å². The van der Waals surface area contributed by atoms with E-state index in [-0.39, 0.29) is 25.2 Å². The third-order valence-electron chi connectivity index (χ3n) is 5.73. The van der Waals surface area contributed by atoms with Crippen LogP contribution in [0.2, 0.25) is 0 Å². The molecule has 1 amide bonds. The van der Waals surface area contributed by atoms with Gasteiger partial charge in [-0.25, -0.2) is 4.98 Å². The molecule has 156 valence electrons. The summed E-state index contributed by atoms with van der Waals surface area (Å²) in [6.45, 7) is 5.70. The number of carbonyl (C=O) groups is 1. The van der Waals surface area contributed by atoms with Crippen LogP contribution in [0.25, 0.3) is 10.2 Å². The first-order valence-corrected chi connectivity index (χ1v) is 11.1. The lowest BCUT2D eigenvalue weighted by atomic mass is 10.1. The number of rotatable bonds is 5. The largest absolute Gasteiger partial charge is 0.454 e. The van der Waals surface area contributed by atoms with Crippen LogP contribution in [-0.2, 0) is 16.0 Å². The van der Waals surface area contributed by atoms with Gasteiger partial charge in [-0.2, -0.15) is 0 Å². The number of anilines is 1. The lowest BCUT2D eigenvalue weighted by Crippen LogP contribution is -2.38. The minimum absolute atomic E-state index is 0.0110. The molecule has 2 aromatic carbocycles. The zero-order valence-corrected chi connectivity index (χ0v) is 18.0. The number of hydrogen-bond acceptors (Lipinski definition) is 6. The van der Waals surface area contributed by atoms with Gasteiger partial charge in [0.2, 0.25) is 12.7 Å². The number of hydrogen-bond donors (Lipinski definition) is 0. The van der Waals surface area contributed by atoms with Crippen LogP contribution in [0.5, 0.6) is 11.5 Å². The topological polar surface area (TPSA) is 60.9 Å². The molecule has 0 radical (unpaired) electrons. The first kappa shape index (κ1) is 19.3. The van der Waals surface area contributed by atoms with E-state index in [2.05, 4.69) is 26.0 Å². The molecule has 1 saturated heterocycles. The molecular formula is C23H24N2O4S. The molecule has 3 aromatic rings. The smallest absolute Gasteiger partial charge is 0.233 e. The highest BCUT2D eigenvalue weighted by atomic mass is 32.1. The summed E-state index contributed by atoms with van der Waals surface area (Å²) < 4.78 is 17.8. The van der Waals surface area contributed by atoms with E-state index in [9.17, 15) is 4.79 Å². The summed E-state index contributed by atoms with van der Waals surface area (Å²) in [4.78, 5) is 20.0. The van der Waals surface area contributed by atoms with Crippen molar-refractivity contribution >= 4 is 32.6 Å². The summed E-state index contributed by atoms with van der Waals surface area (Å²) in [5.74, 6) is 1.42. The van der Waals surface area contributed by atoms with E-state index in [4.69, 9.17) is 19.2 Å². The molecule has 2 aliphatic rings. The molecule has 0 bridgehead atoms. The Balaban J connectivity index is 1.44. The summed E-state index contributed by atoms with van der Waals surface area (Å²) in [5, 5.41) is 0.733. The quantitative estimate of drug-likeness (QED) is 0.608. The van der Waals surface area contributed by atoms with Gasteiger partial charge in [0.15, 0.2) is 16.6 Å². The van der Waals surface area contributed by atoms with Gasteiger partial charge in [-0.15, -0.1) is 0 Å². The van der Waals surface area contributed by atoms with Crippen molar-refractivity contribution in [3.8, 4) is 11.5 Å². The molecule has 5 rings (SSSR count). The first-order valence-electron chi connectivity index (χ1n) is 10.2. The number of aromatic nitrogens is 1. The van der Waals surface area contributed by atoms with Crippen molar-refractivity contribution in [2.75, 3.05) is 24.8 Å². The molecule has 2 aliphatic heterocycles. The summed E-state index contributed by atoms with van der Waals surface area (Å²) in [7, 11) is 0. The van der Waals surface area contributed by atoms with E-state index in [1.807, 2.05) is 18.2 Å². The number of nitrogens with zero attached hydrogens (tertiary/aromatic N) is 2. The van der Waals surface area contributed by atoms with Crippen LogP contribution >= 0.6 is 11.3 Å². The van der Waals surface area contributed by atoms with Gasteiger partial charge in [0.1, 0.15) is 0 Å². The Morgan fingerprint density at radius 3 is 2.83 bits per heavy atom. The SMILES string of the molecule is Cc1cc2nc(N(C[C@@H]3CCCO3)C(=O)Cc3ccc4c(c3)OCO4)sc2cc1C. The summed E-state index contributed by atoms with van der Waals surface area (Å²) >= 11 is 1.56. The highest BCUT2D eigenvalue weighted by molar-refractivity contribution is 7.22. The molecule has 7 heteroatoms. The molecule has 6 nitrogen and oxygen atoms in total. The molecule has 0 unspecified atom stereocenters. The molecular weight excluding hydrogens is 400 g/mol. The zero-order chi connectivity index (χ0) is 20.7. The van der Waals surface area contributed by atoms with E-state index in [0.29, 0.717) is 12.3 Å². The lowest BCUT2D eigenvalue weighted by molar-refractivity contribution is -0.118. The third-order valence-corrected chi connectivity index (χ3v) is 6.77. The van der Waals surface area contributed by atoms with Gasteiger partial charge in [-0.05, 0) is 67.6 Å². The number of amides is 1. The van der Waals surface area contributed by atoms with Gasteiger partial charge in [-0.1, -0.05) is 17.4 Å². The van der Waals surface area contributed by atoms with Crippen LogP contribution in [-0.4, -0.2) is 36.9 Å². The van der Waals surface area contributed by atoms with Crippen molar-refractivity contribution in [2.24, 2.45) is 0 Å². The minimum Gasteiger partial charge on any atom is -0.454 e. The fraction of sp³-hybridized carbons (Fsp3) is 0.391. The molecule has 1 fully saturated rings. The average Bonchev–Trinajstić information content (AvgIpc) is 3.46. The van der Waals surface area contributed by atoms with Gasteiger partial charge in [-0.3, -0.25) is 9.69 Å². The molecule has 0 saturated carbocycles. The Bertz CT molecular complexity index is 1070. The summed E-state index contributed by atoms with van der Waals surface area (Å²) in [5.41, 5.74) is 4.27. The number of benzene rings is 2. The number of aryl methyl sites for hydroxylation is 2. The second-order valence-electron chi connectivity index (χ2n) is 7.90. The molecule has 30 heavy (non-hydrogen) atoms. The maximum atomic E-state index is 13.4. The maximum Gasteiger partial charge on any atom is 0.233 e. The third kappa shape index (κ3) is 3.75. The van der Waals surface area contributed by atoms with Crippen LogP contribution in [0.15, 0.2) is 30.3 Å². The molecule has 3 heterocycles. The van der Waals surface area contributed by atoms with Gasteiger partial charge in [0.25, 0.3) is 0 Å². The first-order chi connectivity index (χ1) is 14.6. The molecule has 1 aromatic heterocycles. The maximum absolute atomic E-state index is 13.4. The standard InChI is InChI=1S/C23H24N2O4S/c1-14-8-18-21(9-15(14)2)30-23(24-18)25(12-17-4-3-7-27-17)22(26)11-16-5-6-19-20(10-16)29-13-28-19/h5-6,8-10,17H,3-4,7,11-13H2,1-2H3/t17-/m0/s1. The molecule has 0 spiro atoms. The minimum atomic E-state index is 0.0110. The Kier molecular flexibility index (Phi) is 5.08. The normalized spacial score (nSPS) is 17.6. The summed E-state index contributed by atoms with van der Waals surface area (Å²) in [6, 6.07) is 9.91. The van der Waals surface area contributed by atoms with E-state index < -0.39 is 0 Å². The number of ether oxygens (including phenoxy) is 3. The second-order valence-corrected chi connectivity index (χ2v) is 8.91. The Morgan fingerprint density at radius 2 is 2.00 bits per heavy atom. The van der Waals surface area contributed by atoms with Crippen LogP contribution in [0.1, 0.15) is 29.5 Å². The molecule has 0 N–H and O–H groups in total. The lowest BCUT2D eigenvalue weighted by Gasteiger charge is -2.23. The van der Waals surface area contributed by atoms with Crippen LogP contribution in [0.4, 0.5) is 5.13 Å². The molecule has 0 aliphatic carbocycles. The van der Waals surface area contributed by atoms with Gasteiger partial charge >= 0.3 is 0 Å². The van der Waals surface area contributed by atoms with Crippen molar-refractivity contribution in [3.05, 3.63) is 47.0 Å².